The van der Waals surface area contributed by atoms with Gasteiger partial charge >= 0.3 is 0 Å². The number of nitrogens with zero attached hydrogens (tertiary/aromatic N) is 2. The number of hydrazine groups is 1. The lowest BCUT2D eigenvalue weighted by molar-refractivity contribution is 0.0366. The Hall–Kier alpha value is -0.490. The van der Waals surface area contributed by atoms with E-state index in [1.54, 1.807) is 11.3 Å². The molecule has 0 radical (unpaired) electrons. The van der Waals surface area contributed by atoms with Crippen molar-refractivity contribution in [1.29, 1.82) is 0 Å². The molecule has 5 heteroatoms. The lowest BCUT2D eigenvalue weighted by atomic mass is 9.83. The van der Waals surface area contributed by atoms with E-state index in [4.69, 9.17) is 5.84 Å². The van der Waals surface area contributed by atoms with Crippen molar-refractivity contribution in [3.8, 4) is 0 Å². The highest BCUT2D eigenvalue weighted by atomic mass is 32.1. The number of piperidine rings is 1. The molecule has 0 aromatic carbocycles. The fraction of sp³-hybridized carbons (Fsp3) is 0.800. The first-order chi connectivity index (χ1) is 9.85. The Kier molecular flexibility index (Phi) is 4.71. The molecule has 0 amide bonds. The molecule has 0 bridgehead atoms. The zero-order valence-electron chi connectivity index (χ0n) is 12.2. The quantitative estimate of drug-likeness (QED) is 0.646. The number of nitrogens with two attached hydrogens (primary N) is 1. The molecular weight excluding hydrogens is 268 g/mol. The van der Waals surface area contributed by atoms with Gasteiger partial charge in [-0.25, -0.2) is 4.98 Å². The van der Waals surface area contributed by atoms with Crippen molar-refractivity contribution < 1.29 is 0 Å². The van der Waals surface area contributed by atoms with Crippen LogP contribution in [-0.4, -0.2) is 34.6 Å². The number of hydrogen-bond donors (Lipinski definition) is 2. The van der Waals surface area contributed by atoms with Crippen LogP contribution in [0.25, 0.3) is 0 Å². The third kappa shape index (κ3) is 2.77. The van der Waals surface area contributed by atoms with Crippen molar-refractivity contribution in [2.75, 3.05) is 13.1 Å². The van der Waals surface area contributed by atoms with Gasteiger partial charge < -0.3 is 0 Å². The van der Waals surface area contributed by atoms with Crippen LogP contribution >= 0.6 is 11.3 Å². The minimum Gasteiger partial charge on any atom is -0.296 e. The van der Waals surface area contributed by atoms with Gasteiger partial charge in [-0.15, -0.1) is 11.3 Å². The SMILES string of the molecule is NNC(Cc1nccs1)C1(N2CCCCC2)CCCC1. The van der Waals surface area contributed by atoms with E-state index in [0.29, 0.717) is 6.04 Å². The number of aromatic nitrogens is 1. The van der Waals surface area contributed by atoms with Crippen LogP contribution in [0.3, 0.4) is 0 Å². The van der Waals surface area contributed by atoms with Gasteiger partial charge in [0.25, 0.3) is 0 Å². The summed E-state index contributed by atoms with van der Waals surface area (Å²) in [5, 5.41) is 3.27. The van der Waals surface area contributed by atoms with Crippen LogP contribution < -0.4 is 11.3 Å². The molecule has 2 fully saturated rings. The molecule has 20 heavy (non-hydrogen) atoms. The summed E-state index contributed by atoms with van der Waals surface area (Å²) < 4.78 is 0. The molecule has 1 aliphatic heterocycles. The summed E-state index contributed by atoms with van der Waals surface area (Å²) >= 11 is 1.75. The second-order valence-corrected chi connectivity index (χ2v) is 7.19. The van der Waals surface area contributed by atoms with E-state index in [2.05, 4.69) is 20.7 Å². The van der Waals surface area contributed by atoms with Crippen molar-refractivity contribution in [3.05, 3.63) is 16.6 Å². The Balaban J connectivity index is 1.79. The monoisotopic (exact) mass is 294 g/mol. The molecule has 4 nitrogen and oxygen atoms in total. The van der Waals surface area contributed by atoms with Gasteiger partial charge in [0.2, 0.25) is 0 Å². The largest absolute Gasteiger partial charge is 0.296 e. The molecule has 2 heterocycles. The van der Waals surface area contributed by atoms with Gasteiger partial charge in [0.1, 0.15) is 0 Å². The average molecular weight is 294 g/mol. The van der Waals surface area contributed by atoms with Gasteiger partial charge in [-0.05, 0) is 38.8 Å². The second kappa shape index (κ2) is 6.52. The van der Waals surface area contributed by atoms with E-state index in [1.165, 1.54) is 63.0 Å². The zero-order chi connectivity index (χ0) is 13.8. The number of hydrogen-bond acceptors (Lipinski definition) is 5. The Morgan fingerprint density at radius 2 is 2.00 bits per heavy atom. The minimum absolute atomic E-state index is 0.265. The number of likely N-dealkylation sites (tertiary alicyclic amines) is 1. The fourth-order valence-corrected chi connectivity index (χ4v) is 4.81. The van der Waals surface area contributed by atoms with Gasteiger partial charge in [0, 0.05) is 29.6 Å². The summed E-state index contributed by atoms with van der Waals surface area (Å²) in [7, 11) is 0. The smallest absolute Gasteiger partial charge is 0.0941 e. The number of thiazole rings is 1. The van der Waals surface area contributed by atoms with E-state index in [1.807, 2.05) is 6.20 Å². The summed E-state index contributed by atoms with van der Waals surface area (Å²) in [6.07, 6.45) is 12.2. The van der Waals surface area contributed by atoms with Crippen molar-refractivity contribution in [2.45, 2.75) is 62.9 Å². The van der Waals surface area contributed by atoms with Gasteiger partial charge in [-0.1, -0.05) is 19.3 Å². The van der Waals surface area contributed by atoms with Crippen LogP contribution in [0.1, 0.15) is 50.0 Å². The molecule has 1 aliphatic carbocycles. The first kappa shape index (κ1) is 14.4. The lowest BCUT2D eigenvalue weighted by Crippen LogP contribution is -2.63. The predicted octanol–water partition coefficient (Wildman–Crippen LogP) is 2.32. The first-order valence-electron chi connectivity index (χ1n) is 7.95. The van der Waals surface area contributed by atoms with Crippen LogP contribution in [0.4, 0.5) is 0 Å². The van der Waals surface area contributed by atoms with E-state index in [0.717, 1.165) is 6.42 Å². The molecule has 112 valence electrons. The highest BCUT2D eigenvalue weighted by molar-refractivity contribution is 7.09. The maximum Gasteiger partial charge on any atom is 0.0941 e. The summed E-state index contributed by atoms with van der Waals surface area (Å²) in [6.45, 7) is 2.49. The topological polar surface area (TPSA) is 54.2 Å². The van der Waals surface area contributed by atoms with Crippen LogP contribution in [-0.2, 0) is 6.42 Å². The van der Waals surface area contributed by atoms with Crippen molar-refractivity contribution in [1.82, 2.24) is 15.3 Å². The molecule has 1 aromatic rings. The van der Waals surface area contributed by atoms with Crippen LogP contribution in [0.15, 0.2) is 11.6 Å². The maximum atomic E-state index is 5.96. The van der Waals surface area contributed by atoms with Crippen molar-refractivity contribution in [2.24, 2.45) is 5.84 Å². The summed E-state index contributed by atoms with van der Waals surface area (Å²) in [5.41, 5.74) is 3.41. The number of nitrogens with one attached hydrogen (secondary N) is 1. The van der Waals surface area contributed by atoms with E-state index in [9.17, 15) is 0 Å². The summed E-state index contributed by atoms with van der Waals surface area (Å²) in [6, 6.07) is 0.328. The van der Waals surface area contributed by atoms with Gasteiger partial charge in [-0.2, -0.15) is 0 Å². The van der Waals surface area contributed by atoms with Crippen LogP contribution in [0.5, 0.6) is 0 Å². The molecule has 3 rings (SSSR count). The molecule has 1 aromatic heterocycles. The maximum absolute atomic E-state index is 5.96. The Morgan fingerprint density at radius 1 is 1.25 bits per heavy atom. The highest BCUT2D eigenvalue weighted by Crippen LogP contribution is 2.40. The average Bonchev–Trinajstić information content (AvgIpc) is 3.18. The van der Waals surface area contributed by atoms with Gasteiger partial charge in [0.05, 0.1) is 5.01 Å². The molecule has 1 saturated heterocycles. The molecule has 0 spiro atoms. The first-order valence-corrected chi connectivity index (χ1v) is 8.83. The zero-order valence-corrected chi connectivity index (χ0v) is 13.0. The van der Waals surface area contributed by atoms with Crippen molar-refractivity contribution in [3.63, 3.8) is 0 Å². The Bertz CT molecular complexity index is 394. The minimum atomic E-state index is 0.265. The Morgan fingerprint density at radius 3 is 2.60 bits per heavy atom. The van der Waals surface area contributed by atoms with Gasteiger partial charge in [-0.3, -0.25) is 16.2 Å². The van der Waals surface area contributed by atoms with E-state index in [-0.39, 0.29) is 5.54 Å². The third-order valence-electron chi connectivity index (χ3n) is 5.17. The normalized spacial score (nSPS) is 24.9. The lowest BCUT2D eigenvalue weighted by Gasteiger charge is -2.48. The van der Waals surface area contributed by atoms with E-state index >= 15 is 0 Å². The summed E-state index contributed by atoms with van der Waals surface area (Å²) in [5.74, 6) is 5.96. The standard InChI is InChI=1S/C15H26N4S/c16-18-13(12-14-17-8-11-20-14)15(6-2-3-7-15)19-9-4-1-5-10-19/h8,11,13,18H,1-7,9-10,12,16H2. The molecule has 1 saturated carbocycles. The second-order valence-electron chi connectivity index (χ2n) is 6.21. The third-order valence-corrected chi connectivity index (χ3v) is 5.97. The molecular formula is C15H26N4S. The highest BCUT2D eigenvalue weighted by Gasteiger charge is 2.45. The molecule has 1 atom stereocenters. The van der Waals surface area contributed by atoms with Crippen LogP contribution in [0, 0.1) is 0 Å². The summed E-state index contributed by atoms with van der Waals surface area (Å²) in [4.78, 5) is 7.19. The fourth-order valence-electron chi connectivity index (χ4n) is 4.14. The van der Waals surface area contributed by atoms with Gasteiger partial charge in [0.15, 0.2) is 0 Å². The van der Waals surface area contributed by atoms with E-state index < -0.39 is 0 Å². The van der Waals surface area contributed by atoms with Crippen LogP contribution in [0.2, 0.25) is 0 Å². The Labute approximate surface area is 125 Å². The molecule has 2 aliphatic rings. The molecule has 3 N–H and O–H groups in total. The molecule has 1 unspecified atom stereocenters. The predicted molar refractivity (Wildman–Crippen MR) is 83.6 cm³/mol. The van der Waals surface area contributed by atoms with Crippen molar-refractivity contribution >= 4 is 11.3 Å². The number of rotatable bonds is 5.